The average Bonchev–Trinajstić information content (AvgIpc) is 3.70. The highest BCUT2D eigenvalue weighted by molar-refractivity contribution is 5.72. The molecule has 49 heavy (non-hydrogen) atoms. The SMILES string of the molecule is CN(C)CCCN(CCN(C)C(=O)OC(C)(C)C)C(=O)Oc1c(Cc2ccco2)nc2c(Cc3ccccc3)nc(-c3ccccc3)cn12. The van der Waals surface area contributed by atoms with E-state index in [2.05, 4.69) is 17.0 Å². The standard InChI is InChI=1S/C38H46N6O5/c1-38(2,3)49-36(45)42(6)22-23-43(21-14-20-41(4)5)37(46)48-35-32(26-30-19-13-24-47-30)40-34-31(25-28-15-9-7-10-16-28)39-33(27-44(34)35)29-17-11-8-12-18-29/h7-13,15-19,24,27H,14,20-23,25-26H2,1-6H3. The number of benzene rings is 2. The van der Waals surface area contributed by atoms with Gasteiger partial charge in [-0.25, -0.2) is 19.6 Å². The predicted octanol–water partition coefficient (Wildman–Crippen LogP) is 6.79. The summed E-state index contributed by atoms with van der Waals surface area (Å²) in [5.41, 5.74) is 3.98. The van der Waals surface area contributed by atoms with Crippen LogP contribution >= 0.6 is 0 Å². The van der Waals surface area contributed by atoms with Gasteiger partial charge in [-0.05, 0) is 65.5 Å². The lowest BCUT2D eigenvalue weighted by molar-refractivity contribution is 0.0283. The maximum atomic E-state index is 14.1. The molecule has 0 radical (unpaired) electrons. The van der Waals surface area contributed by atoms with Gasteiger partial charge < -0.3 is 28.6 Å². The monoisotopic (exact) mass is 666 g/mol. The number of hydrogen-bond donors (Lipinski definition) is 0. The Bertz CT molecular complexity index is 1810. The molecule has 2 aromatic carbocycles. The zero-order valence-corrected chi connectivity index (χ0v) is 29.3. The first kappa shape index (κ1) is 35.2. The summed E-state index contributed by atoms with van der Waals surface area (Å²) in [6.45, 7) is 7.20. The molecule has 0 N–H and O–H groups in total. The molecule has 0 unspecified atom stereocenters. The first-order valence-electron chi connectivity index (χ1n) is 16.5. The third-order valence-corrected chi connectivity index (χ3v) is 7.79. The summed E-state index contributed by atoms with van der Waals surface area (Å²) >= 11 is 0. The highest BCUT2D eigenvalue weighted by Gasteiger charge is 2.26. The van der Waals surface area contributed by atoms with E-state index in [1.54, 1.807) is 18.2 Å². The van der Waals surface area contributed by atoms with E-state index in [0.29, 0.717) is 48.8 Å². The van der Waals surface area contributed by atoms with Gasteiger partial charge >= 0.3 is 12.2 Å². The van der Waals surface area contributed by atoms with Crippen LogP contribution in [0.5, 0.6) is 5.88 Å². The van der Waals surface area contributed by atoms with Crippen molar-refractivity contribution in [3.8, 4) is 17.1 Å². The van der Waals surface area contributed by atoms with Crippen molar-refractivity contribution in [3.63, 3.8) is 0 Å². The van der Waals surface area contributed by atoms with E-state index >= 15 is 0 Å². The predicted molar refractivity (Wildman–Crippen MR) is 189 cm³/mol. The van der Waals surface area contributed by atoms with Gasteiger partial charge in [0.25, 0.3) is 0 Å². The molecule has 5 aromatic rings. The lowest BCUT2D eigenvalue weighted by atomic mass is 10.1. The van der Waals surface area contributed by atoms with Crippen LogP contribution < -0.4 is 4.74 Å². The third kappa shape index (κ3) is 9.70. The van der Waals surface area contributed by atoms with Gasteiger partial charge in [-0.3, -0.25) is 4.40 Å². The second kappa shape index (κ2) is 15.8. The van der Waals surface area contributed by atoms with Crippen LogP contribution in [0.2, 0.25) is 0 Å². The Morgan fingerprint density at radius 1 is 0.796 bits per heavy atom. The first-order valence-corrected chi connectivity index (χ1v) is 16.5. The number of imidazole rings is 1. The maximum Gasteiger partial charge on any atom is 0.416 e. The molecule has 11 heteroatoms. The molecular weight excluding hydrogens is 620 g/mol. The molecule has 258 valence electrons. The number of furan rings is 1. The van der Waals surface area contributed by atoms with Crippen molar-refractivity contribution in [2.75, 3.05) is 47.3 Å². The number of rotatable bonds is 13. The molecule has 0 bridgehead atoms. The van der Waals surface area contributed by atoms with Crippen LogP contribution in [-0.2, 0) is 17.6 Å². The summed E-state index contributed by atoms with van der Waals surface area (Å²) in [6, 6.07) is 23.7. The largest absolute Gasteiger partial charge is 0.469 e. The minimum Gasteiger partial charge on any atom is -0.469 e. The Labute approximate surface area is 288 Å². The van der Waals surface area contributed by atoms with Crippen LogP contribution in [0.3, 0.4) is 0 Å². The van der Waals surface area contributed by atoms with Gasteiger partial charge in [-0.2, -0.15) is 0 Å². The lowest BCUT2D eigenvalue weighted by Gasteiger charge is -2.27. The molecule has 3 heterocycles. The zero-order chi connectivity index (χ0) is 35.0. The van der Waals surface area contributed by atoms with Crippen molar-refractivity contribution in [3.05, 3.63) is 108 Å². The van der Waals surface area contributed by atoms with Crippen LogP contribution in [0.15, 0.2) is 89.7 Å². The van der Waals surface area contributed by atoms with E-state index < -0.39 is 17.8 Å². The Balaban J connectivity index is 1.53. The molecule has 0 aliphatic rings. The molecule has 11 nitrogen and oxygen atoms in total. The van der Waals surface area contributed by atoms with E-state index in [1.807, 2.05) is 106 Å². The van der Waals surface area contributed by atoms with Crippen LogP contribution in [0.1, 0.15) is 49.9 Å². The van der Waals surface area contributed by atoms with Gasteiger partial charge in [-0.15, -0.1) is 0 Å². The van der Waals surface area contributed by atoms with Gasteiger partial charge in [0.15, 0.2) is 5.65 Å². The van der Waals surface area contributed by atoms with Crippen molar-refractivity contribution >= 4 is 17.8 Å². The van der Waals surface area contributed by atoms with Gasteiger partial charge in [-0.1, -0.05) is 60.7 Å². The van der Waals surface area contributed by atoms with Gasteiger partial charge in [0.2, 0.25) is 5.88 Å². The number of aromatic nitrogens is 3. The number of nitrogens with zero attached hydrogens (tertiary/aromatic N) is 6. The van der Waals surface area contributed by atoms with E-state index in [9.17, 15) is 9.59 Å². The van der Waals surface area contributed by atoms with E-state index in [1.165, 1.54) is 4.90 Å². The summed E-state index contributed by atoms with van der Waals surface area (Å²) in [6.07, 6.45) is 4.04. The zero-order valence-electron chi connectivity index (χ0n) is 29.3. The van der Waals surface area contributed by atoms with Gasteiger partial charge in [0, 0.05) is 44.9 Å². The molecule has 0 fully saturated rings. The Morgan fingerprint density at radius 2 is 1.51 bits per heavy atom. The highest BCUT2D eigenvalue weighted by atomic mass is 16.6. The summed E-state index contributed by atoms with van der Waals surface area (Å²) < 4.78 is 19.3. The minimum absolute atomic E-state index is 0.252. The van der Waals surface area contributed by atoms with Crippen molar-refractivity contribution in [2.45, 2.75) is 45.6 Å². The fraction of sp³-hybridized carbons (Fsp3) is 0.368. The lowest BCUT2D eigenvalue weighted by Crippen LogP contribution is -2.43. The molecule has 0 saturated heterocycles. The molecule has 0 spiro atoms. The van der Waals surface area contributed by atoms with Crippen molar-refractivity contribution in [1.29, 1.82) is 0 Å². The fourth-order valence-corrected chi connectivity index (χ4v) is 5.31. The summed E-state index contributed by atoms with van der Waals surface area (Å²) in [7, 11) is 5.64. The summed E-state index contributed by atoms with van der Waals surface area (Å²) in [4.78, 5) is 42.0. The smallest absolute Gasteiger partial charge is 0.416 e. The number of hydrogen-bond acceptors (Lipinski definition) is 8. The molecule has 2 amide bonds. The number of ether oxygens (including phenoxy) is 2. The normalized spacial score (nSPS) is 11.6. The number of carbonyl (C=O) groups is 2. The number of likely N-dealkylation sites (N-methyl/N-ethyl adjacent to an activating group) is 1. The maximum absolute atomic E-state index is 14.1. The first-order chi connectivity index (χ1) is 23.5. The summed E-state index contributed by atoms with van der Waals surface area (Å²) in [5, 5.41) is 0. The molecular formula is C38H46N6O5. The Kier molecular flexibility index (Phi) is 11.4. The number of fused-ring (bicyclic) bond motifs is 1. The van der Waals surface area contributed by atoms with Crippen molar-refractivity contribution in [1.82, 2.24) is 29.1 Å². The molecule has 0 atom stereocenters. The third-order valence-electron chi connectivity index (χ3n) is 7.79. The molecule has 0 saturated carbocycles. The molecule has 5 rings (SSSR count). The number of carbonyl (C=O) groups excluding carboxylic acids is 2. The van der Waals surface area contributed by atoms with Crippen LogP contribution in [0, 0.1) is 0 Å². The van der Waals surface area contributed by atoms with Crippen molar-refractivity contribution in [2.24, 2.45) is 0 Å². The van der Waals surface area contributed by atoms with Crippen LogP contribution in [-0.4, -0.2) is 94.2 Å². The molecule has 3 aromatic heterocycles. The second-order valence-corrected chi connectivity index (χ2v) is 13.3. The van der Waals surface area contributed by atoms with Crippen LogP contribution in [0.4, 0.5) is 9.59 Å². The minimum atomic E-state index is -0.629. The quantitative estimate of drug-likeness (QED) is 0.135. The van der Waals surface area contributed by atoms with Gasteiger partial charge in [0.05, 0.1) is 24.1 Å². The Hall–Kier alpha value is -5.16. The highest BCUT2D eigenvalue weighted by Crippen LogP contribution is 2.30. The number of amides is 2. The fourth-order valence-electron chi connectivity index (χ4n) is 5.31. The molecule has 0 aliphatic carbocycles. The van der Waals surface area contributed by atoms with E-state index in [4.69, 9.17) is 23.9 Å². The Morgan fingerprint density at radius 3 is 2.16 bits per heavy atom. The molecule has 0 aliphatic heterocycles. The van der Waals surface area contributed by atoms with E-state index in [-0.39, 0.29) is 13.1 Å². The van der Waals surface area contributed by atoms with Crippen LogP contribution in [0.25, 0.3) is 16.9 Å². The summed E-state index contributed by atoms with van der Waals surface area (Å²) in [5.74, 6) is 0.979. The van der Waals surface area contributed by atoms with Gasteiger partial charge in [0.1, 0.15) is 17.1 Å². The van der Waals surface area contributed by atoms with E-state index in [0.717, 1.165) is 29.1 Å². The average molecular weight is 667 g/mol. The topological polar surface area (TPSA) is 106 Å². The van der Waals surface area contributed by atoms with Crippen molar-refractivity contribution < 1.29 is 23.5 Å². The second-order valence-electron chi connectivity index (χ2n) is 13.3.